The lowest BCUT2D eigenvalue weighted by Crippen LogP contribution is -2.38. The molecular formula is C12H19F3O2. The molecule has 1 fully saturated rings. The number of rotatable bonds is 6. The summed E-state index contributed by atoms with van der Waals surface area (Å²) in [5, 5.41) is 0. The van der Waals surface area contributed by atoms with Crippen molar-refractivity contribution < 1.29 is 22.7 Å². The van der Waals surface area contributed by atoms with E-state index in [-0.39, 0.29) is 18.6 Å². The Morgan fingerprint density at radius 1 is 1.29 bits per heavy atom. The lowest BCUT2D eigenvalue weighted by Gasteiger charge is -2.27. The third kappa shape index (κ3) is 4.30. The first-order valence-electron chi connectivity index (χ1n) is 6.14. The Labute approximate surface area is 99.5 Å². The molecule has 0 saturated heterocycles. The Morgan fingerprint density at radius 3 is 2.35 bits per heavy atom. The quantitative estimate of drug-likeness (QED) is 0.721. The summed E-state index contributed by atoms with van der Waals surface area (Å²) in [7, 11) is 0. The van der Waals surface area contributed by atoms with E-state index >= 15 is 0 Å². The summed E-state index contributed by atoms with van der Waals surface area (Å²) in [4.78, 5) is 12.0. The molecule has 0 atom stereocenters. The third-order valence-corrected chi connectivity index (χ3v) is 3.20. The van der Waals surface area contributed by atoms with Gasteiger partial charge in [-0.05, 0) is 39.0 Å². The molecule has 0 radical (unpaired) electrons. The maximum atomic E-state index is 12.0. The van der Waals surface area contributed by atoms with Gasteiger partial charge in [0.2, 0.25) is 0 Å². The molecule has 0 bridgehead atoms. The highest BCUT2D eigenvalue weighted by atomic mass is 19.4. The van der Waals surface area contributed by atoms with Gasteiger partial charge in [0.1, 0.15) is 5.60 Å². The minimum absolute atomic E-state index is 0.0283. The summed E-state index contributed by atoms with van der Waals surface area (Å²) in [5.74, 6) is -0.152. The average molecular weight is 252 g/mol. The summed E-state index contributed by atoms with van der Waals surface area (Å²) >= 11 is 0. The van der Waals surface area contributed by atoms with Gasteiger partial charge in [-0.25, -0.2) is 0 Å². The van der Waals surface area contributed by atoms with Crippen LogP contribution in [0.15, 0.2) is 0 Å². The highest BCUT2D eigenvalue weighted by molar-refractivity contribution is 5.87. The van der Waals surface area contributed by atoms with Gasteiger partial charge in [0, 0.05) is 19.4 Å². The number of hydrogen-bond acceptors (Lipinski definition) is 2. The number of Topliss-reactive ketones (excluding diaryl/α,β-unsaturated/α-hetero) is 1. The van der Waals surface area contributed by atoms with Crippen LogP contribution in [0.2, 0.25) is 0 Å². The first-order chi connectivity index (χ1) is 7.90. The van der Waals surface area contributed by atoms with E-state index in [1.807, 2.05) is 6.92 Å². The van der Waals surface area contributed by atoms with E-state index < -0.39 is 18.2 Å². The molecule has 0 aromatic rings. The maximum Gasteiger partial charge on any atom is 0.389 e. The molecule has 1 rings (SSSR count). The zero-order valence-electron chi connectivity index (χ0n) is 10.1. The van der Waals surface area contributed by atoms with E-state index in [4.69, 9.17) is 4.74 Å². The van der Waals surface area contributed by atoms with Crippen LogP contribution in [-0.4, -0.2) is 24.2 Å². The number of ketones is 1. The largest absolute Gasteiger partial charge is 0.389 e. The van der Waals surface area contributed by atoms with E-state index in [1.54, 1.807) is 0 Å². The molecule has 2 nitrogen and oxygen atoms in total. The van der Waals surface area contributed by atoms with Crippen LogP contribution in [0.25, 0.3) is 0 Å². The van der Waals surface area contributed by atoms with E-state index in [2.05, 4.69) is 0 Å². The summed E-state index contributed by atoms with van der Waals surface area (Å²) in [6.07, 6.45) is -2.06. The molecule has 0 unspecified atom stereocenters. The predicted molar refractivity (Wildman–Crippen MR) is 57.7 cm³/mol. The molecule has 100 valence electrons. The van der Waals surface area contributed by atoms with Crippen LogP contribution in [0.3, 0.4) is 0 Å². The standard InChI is InChI=1S/C12H19F3O2/c1-2-17-11(7-3-4-8-11)10(16)6-5-9-12(13,14)15/h2-9H2,1H3. The van der Waals surface area contributed by atoms with Crippen LogP contribution in [0, 0.1) is 0 Å². The minimum atomic E-state index is -4.17. The Balaban J connectivity index is 2.44. The fourth-order valence-electron chi connectivity index (χ4n) is 2.40. The van der Waals surface area contributed by atoms with Crippen LogP contribution >= 0.6 is 0 Å². The predicted octanol–water partition coefficient (Wildman–Crippen LogP) is 3.64. The number of alkyl halides is 3. The fourth-order valence-corrected chi connectivity index (χ4v) is 2.40. The second kappa shape index (κ2) is 5.85. The Bertz CT molecular complexity index is 255. The summed E-state index contributed by atoms with van der Waals surface area (Å²) in [5.41, 5.74) is -0.777. The fraction of sp³-hybridized carbons (Fsp3) is 0.917. The molecule has 0 heterocycles. The first-order valence-corrected chi connectivity index (χ1v) is 6.14. The van der Waals surface area contributed by atoms with E-state index in [0.717, 1.165) is 12.8 Å². The van der Waals surface area contributed by atoms with Gasteiger partial charge in [0.15, 0.2) is 5.78 Å². The van der Waals surface area contributed by atoms with Gasteiger partial charge >= 0.3 is 6.18 Å². The van der Waals surface area contributed by atoms with Gasteiger partial charge in [-0.2, -0.15) is 13.2 Å². The first kappa shape index (κ1) is 14.5. The topological polar surface area (TPSA) is 26.3 Å². The van der Waals surface area contributed by atoms with Gasteiger partial charge in [-0.3, -0.25) is 4.79 Å². The number of carbonyl (C=O) groups is 1. The van der Waals surface area contributed by atoms with E-state index in [0.29, 0.717) is 19.4 Å². The molecule has 1 saturated carbocycles. The van der Waals surface area contributed by atoms with Crippen LogP contribution < -0.4 is 0 Å². The van der Waals surface area contributed by atoms with Crippen LogP contribution in [0.5, 0.6) is 0 Å². The Kier molecular flexibility index (Phi) is 4.98. The van der Waals surface area contributed by atoms with Crippen molar-refractivity contribution >= 4 is 5.78 Å². The van der Waals surface area contributed by atoms with Gasteiger partial charge in [-0.1, -0.05) is 0 Å². The second-order valence-corrected chi connectivity index (χ2v) is 4.53. The third-order valence-electron chi connectivity index (χ3n) is 3.20. The molecule has 0 amide bonds. The Morgan fingerprint density at radius 2 is 1.88 bits per heavy atom. The molecule has 0 aromatic heterocycles. The molecule has 1 aliphatic carbocycles. The number of ether oxygens (including phenoxy) is 1. The van der Waals surface area contributed by atoms with Crippen molar-refractivity contribution in [1.29, 1.82) is 0 Å². The zero-order valence-corrected chi connectivity index (χ0v) is 10.1. The molecule has 0 N–H and O–H groups in total. The molecular weight excluding hydrogens is 233 g/mol. The molecule has 1 aliphatic rings. The van der Waals surface area contributed by atoms with E-state index in [9.17, 15) is 18.0 Å². The normalized spacial score (nSPS) is 19.5. The average Bonchev–Trinajstić information content (AvgIpc) is 2.66. The van der Waals surface area contributed by atoms with Crippen LogP contribution in [-0.2, 0) is 9.53 Å². The van der Waals surface area contributed by atoms with Crippen molar-refractivity contribution in [2.45, 2.75) is 63.6 Å². The Hall–Kier alpha value is -0.580. The van der Waals surface area contributed by atoms with Gasteiger partial charge in [-0.15, -0.1) is 0 Å². The highest BCUT2D eigenvalue weighted by Crippen LogP contribution is 2.35. The zero-order chi connectivity index (χ0) is 12.9. The van der Waals surface area contributed by atoms with Crippen LogP contribution in [0.4, 0.5) is 13.2 Å². The number of halogens is 3. The van der Waals surface area contributed by atoms with Crippen LogP contribution in [0.1, 0.15) is 51.9 Å². The molecule has 0 spiro atoms. The van der Waals surface area contributed by atoms with Crippen molar-refractivity contribution in [3.8, 4) is 0 Å². The summed E-state index contributed by atoms with van der Waals surface area (Å²) in [6, 6.07) is 0. The minimum Gasteiger partial charge on any atom is -0.368 e. The highest BCUT2D eigenvalue weighted by Gasteiger charge is 2.41. The van der Waals surface area contributed by atoms with Gasteiger partial charge in [0.05, 0.1) is 0 Å². The van der Waals surface area contributed by atoms with Gasteiger partial charge < -0.3 is 4.74 Å². The van der Waals surface area contributed by atoms with E-state index in [1.165, 1.54) is 0 Å². The molecule has 17 heavy (non-hydrogen) atoms. The van der Waals surface area contributed by atoms with Crippen molar-refractivity contribution in [2.75, 3.05) is 6.61 Å². The summed E-state index contributed by atoms with van der Waals surface area (Å²) in [6.45, 7) is 2.24. The molecule has 0 aliphatic heterocycles. The molecule has 5 heteroatoms. The van der Waals surface area contributed by atoms with Crippen molar-refractivity contribution in [3.63, 3.8) is 0 Å². The lowest BCUT2D eigenvalue weighted by molar-refractivity contribution is -0.147. The SMILES string of the molecule is CCOC1(C(=O)CCCC(F)(F)F)CCCC1. The lowest BCUT2D eigenvalue weighted by atomic mass is 9.92. The molecule has 0 aromatic carbocycles. The van der Waals surface area contributed by atoms with Gasteiger partial charge in [0.25, 0.3) is 0 Å². The van der Waals surface area contributed by atoms with Crippen molar-refractivity contribution in [3.05, 3.63) is 0 Å². The number of carbonyl (C=O) groups excluding carboxylic acids is 1. The maximum absolute atomic E-state index is 12.0. The van der Waals surface area contributed by atoms with Crippen molar-refractivity contribution in [2.24, 2.45) is 0 Å². The smallest absolute Gasteiger partial charge is 0.368 e. The van der Waals surface area contributed by atoms with Crippen molar-refractivity contribution in [1.82, 2.24) is 0 Å². The second-order valence-electron chi connectivity index (χ2n) is 4.53. The number of hydrogen-bond donors (Lipinski definition) is 0. The summed E-state index contributed by atoms with van der Waals surface area (Å²) < 4.78 is 41.5. The monoisotopic (exact) mass is 252 g/mol.